The minimum atomic E-state index is -1.70. The second kappa shape index (κ2) is 9.36. The quantitative estimate of drug-likeness (QED) is 0.296. The zero-order chi connectivity index (χ0) is 14.1. The third-order valence-corrected chi connectivity index (χ3v) is 3.32. The molecule has 0 aliphatic heterocycles. The van der Waals surface area contributed by atoms with E-state index in [0.29, 0.717) is 18.8 Å². The standard InChI is InChI=1S/C11H25F2N3S2/c1-3-14-7-10(12,5-6-17)16-8-11(13,9-18)15-4-2/h14-18H,3-9H2,1-2H3/t10?,11-/m1/s1. The van der Waals surface area contributed by atoms with Gasteiger partial charge in [-0.05, 0) is 18.8 Å². The summed E-state index contributed by atoms with van der Waals surface area (Å²) in [6.07, 6.45) is 0.220. The Bertz CT molecular complexity index is 224. The fourth-order valence-corrected chi connectivity index (χ4v) is 2.11. The van der Waals surface area contributed by atoms with Gasteiger partial charge in [0.15, 0.2) is 11.6 Å². The first-order chi connectivity index (χ1) is 8.45. The molecule has 3 nitrogen and oxygen atoms in total. The largest absolute Gasteiger partial charge is 0.313 e. The van der Waals surface area contributed by atoms with Crippen LogP contribution in [0.1, 0.15) is 20.3 Å². The number of halogens is 2. The molecule has 0 saturated heterocycles. The molecule has 0 bridgehead atoms. The van der Waals surface area contributed by atoms with E-state index in [1.807, 2.05) is 6.92 Å². The molecule has 0 aromatic rings. The van der Waals surface area contributed by atoms with E-state index in [1.165, 1.54) is 0 Å². The molecule has 0 heterocycles. The minimum Gasteiger partial charge on any atom is -0.313 e. The third kappa shape index (κ3) is 7.13. The van der Waals surface area contributed by atoms with Gasteiger partial charge in [0, 0.05) is 25.3 Å². The molecule has 0 aliphatic rings. The lowest BCUT2D eigenvalue weighted by molar-refractivity contribution is 0.0642. The van der Waals surface area contributed by atoms with Crippen LogP contribution in [0.4, 0.5) is 8.78 Å². The Morgan fingerprint density at radius 2 is 1.61 bits per heavy atom. The summed E-state index contributed by atoms with van der Waals surface area (Å²) in [4.78, 5) is 0. The Labute approximate surface area is 120 Å². The zero-order valence-corrected chi connectivity index (χ0v) is 12.9. The number of thiol groups is 2. The van der Waals surface area contributed by atoms with E-state index in [4.69, 9.17) is 0 Å². The van der Waals surface area contributed by atoms with Crippen molar-refractivity contribution < 1.29 is 8.78 Å². The number of hydrogen-bond donors (Lipinski definition) is 5. The van der Waals surface area contributed by atoms with Crippen molar-refractivity contribution in [2.75, 3.05) is 37.7 Å². The predicted molar refractivity (Wildman–Crippen MR) is 80.2 cm³/mol. The summed E-state index contributed by atoms with van der Waals surface area (Å²) in [5.41, 5.74) is 0. The van der Waals surface area contributed by atoms with E-state index in [0.717, 1.165) is 0 Å². The first-order valence-electron chi connectivity index (χ1n) is 6.25. The predicted octanol–water partition coefficient (Wildman–Crippen LogP) is 1.38. The molecule has 0 radical (unpaired) electrons. The molecule has 0 fully saturated rings. The Morgan fingerprint density at radius 1 is 0.944 bits per heavy atom. The summed E-state index contributed by atoms with van der Waals surface area (Å²) in [5.74, 6) is -2.95. The van der Waals surface area contributed by atoms with Crippen LogP contribution in [0.2, 0.25) is 0 Å². The van der Waals surface area contributed by atoms with Crippen molar-refractivity contribution >= 4 is 25.3 Å². The van der Waals surface area contributed by atoms with Crippen molar-refractivity contribution in [2.24, 2.45) is 0 Å². The van der Waals surface area contributed by atoms with Crippen LogP contribution in [0.25, 0.3) is 0 Å². The van der Waals surface area contributed by atoms with Crippen LogP contribution in [0.5, 0.6) is 0 Å². The topological polar surface area (TPSA) is 36.1 Å². The molecule has 18 heavy (non-hydrogen) atoms. The van der Waals surface area contributed by atoms with Gasteiger partial charge < -0.3 is 5.32 Å². The monoisotopic (exact) mass is 301 g/mol. The number of rotatable bonds is 11. The van der Waals surface area contributed by atoms with Gasteiger partial charge in [-0.25, -0.2) is 8.78 Å². The highest BCUT2D eigenvalue weighted by Gasteiger charge is 2.34. The average molecular weight is 301 g/mol. The van der Waals surface area contributed by atoms with E-state index in [9.17, 15) is 8.78 Å². The maximum Gasteiger partial charge on any atom is 0.183 e. The van der Waals surface area contributed by atoms with Crippen LogP contribution in [-0.2, 0) is 0 Å². The second-order valence-corrected chi connectivity index (χ2v) is 4.99. The summed E-state index contributed by atoms with van der Waals surface area (Å²) in [5, 5.41) is 8.24. The van der Waals surface area contributed by atoms with E-state index in [-0.39, 0.29) is 25.3 Å². The van der Waals surface area contributed by atoms with E-state index in [1.54, 1.807) is 6.92 Å². The number of hydrogen-bond acceptors (Lipinski definition) is 5. The summed E-state index contributed by atoms with van der Waals surface area (Å²) >= 11 is 7.99. The van der Waals surface area contributed by atoms with Crippen LogP contribution in [0.3, 0.4) is 0 Å². The number of nitrogens with one attached hydrogen (secondary N) is 3. The molecular weight excluding hydrogens is 276 g/mol. The molecule has 0 spiro atoms. The highest BCUT2D eigenvalue weighted by Crippen LogP contribution is 2.16. The van der Waals surface area contributed by atoms with Gasteiger partial charge in [0.1, 0.15) is 0 Å². The highest BCUT2D eigenvalue weighted by molar-refractivity contribution is 7.80. The van der Waals surface area contributed by atoms with Crippen molar-refractivity contribution in [3.05, 3.63) is 0 Å². The summed E-state index contributed by atoms with van der Waals surface area (Å²) in [6.45, 7) is 4.84. The smallest absolute Gasteiger partial charge is 0.183 e. The maximum absolute atomic E-state index is 14.4. The molecule has 0 aromatic heterocycles. The van der Waals surface area contributed by atoms with Crippen molar-refractivity contribution in [3.63, 3.8) is 0 Å². The highest BCUT2D eigenvalue weighted by atomic mass is 32.1. The van der Waals surface area contributed by atoms with Crippen molar-refractivity contribution in [3.8, 4) is 0 Å². The van der Waals surface area contributed by atoms with Gasteiger partial charge in [0.05, 0.1) is 0 Å². The molecule has 0 saturated carbocycles. The molecule has 0 rings (SSSR count). The van der Waals surface area contributed by atoms with Crippen LogP contribution in [0.15, 0.2) is 0 Å². The maximum atomic E-state index is 14.4. The molecule has 1 unspecified atom stereocenters. The second-order valence-electron chi connectivity index (χ2n) is 4.23. The van der Waals surface area contributed by atoms with E-state index in [2.05, 4.69) is 41.2 Å². The zero-order valence-electron chi connectivity index (χ0n) is 11.1. The van der Waals surface area contributed by atoms with E-state index >= 15 is 0 Å². The van der Waals surface area contributed by atoms with E-state index < -0.39 is 11.6 Å². The van der Waals surface area contributed by atoms with Gasteiger partial charge >= 0.3 is 0 Å². The molecule has 0 aliphatic carbocycles. The number of likely N-dealkylation sites (N-methyl/N-ethyl adjacent to an activating group) is 2. The Balaban J connectivity index is 4.39. The minimum absolute atomic E-state index is 0.00794. The first kappa shape index (κ1) is 18.4. The Morgan fingerprint density at radius 3 is 2.06 bits per heavy atom. The fraction of sp³-hybridized carbons (Fsp3) is 1.00. The lowest BCUT2D eigenvalue weighted by Gasteiger charge is -2.32. The summed E-state index contributed by atoms with van der Waals surface area (Å²) < 4.78 is 28.6. The normalized spacial score (nSPS) is 18.3. The van der Waals surface area contributed by atoms with Gasteiger partial charge in [-0.3, -0.25) is 10.6 Å². The summed E-state index contributed by atoms with van der Waals surface area (Å²) in [7, 11) is 0. The molecule has 0 aromatic carbocycles. The molecule has 0 amide bonds. The third-order valence-electron chi connectivity index (χ3n) is 2.59. The van der Waals surface area contributed by atoms with Crippen molar-refractivity contribution in [1.82, 2.24) is 16.0 Å². The van der Waals surface area contributed by atoms with Crippen LogP contribution < -0.4 is 16.0 Å². The first-order valence-corrected chi connectivity index (χ1v) is 7.52. The van der Waals surface area contributed by atoms with Gasteiger partial charge in [-0.1, -0.05) is 13.8 Å². The van der Waals surface area contributed by atoms with Gasteiger partial charge in [0.25, 0.3) is 0 Å². The molecule has 7 heteroatoms. The van der Waals surface area contributed by atoms with Crippen LogP contribution in [-0.4, -0.2) is 49.3 Å². The fourth-order valence-electron chi connectivity index (χ4n) is 1.53. The Kier molecular flexibility index (Phi) is 9.59. The van der Waals surface area contributed by atoms with Crippen molar-refractivity contribution in [1.29, 1.82) is 0 Å². The van der Waals surface area contributed by atoms with Crippen molar-refractivity contribution in [2.45, 2.75) is 31.9 Å². The lowest BCUT2D eigenvalue weighted by Crippen LogP contribution is -2.58. The van der Waals surface area contributed by atoms with Gasteiger partial charge in [-0.2, -0.15) is 25.3 Å². The SMILES string of the molecule is CCNCC(F)(CCS)NC[C@](F)(CS)NCC. The summed E-state index contributed by atoms with van der Waals surface area (Å²) in [6, 6.07) is 0. The average Bonchev–Trinajstić information content (AvgIpc) is 2.35. The Hall–Kier alpha value is 0.440. The van der Waals surface area contributed by atoms with Crippen LogP contribution >= 0.6 is 25.3 Å². The van der Waals surface area contributed by atoms with Gasteiger partial charge in [0.2, 0.25) is 0 Å². The molecular formula is C11H25F2N3S2. The van der Waals surface area contributed by atoms with Gasteiger partial charge in [-0.15, -0.1) is 0 Å². The lowest BCUT2D eigenvalue weighted by atomic mass is 10.1. The number of alkyl halides is 2. The molecule has 2 atom stereocenters. The molecule has 110 valence electrons. The van der Waals surface area contributed by atoms with Crippen LogP contribution in [0, 0.1) is 0 Å². The molecule has 3 N–H and O–H groups in total.